The van der Waals surface area contributed by atoms with Crippen LogP contribution in [0.4, 0.5) is 17.5 Å². The number of carboxylic acid groups (broad SMARTS) is 1. The highest BCUT2D eigenvalue weighted by molar-refractivity contribution is 5.73. The van der Waals surface area contributed by atoms with Crippen molar-refractivity contribution in [2.45, 2.75) is 13.8 Å². The molecular weight excluding hydrogens is 330 g/mol. The minimum absolute atomic E-state index is 0.238. The van der Waals surface area contributed by atoms with Gasteiger partial charge in [-0.1, -0.05) is 12.1 Å². The van der Waals surface area contributed by atoms with Crippen LogP contribution >= 0.6 is 0 Å². The molecule has 0 bridgehead atoms. The van der Waals surface area contributed by atoms with Gasteiger partial charge in [-0.25, -0.2) is 4.98 Å². The quantitative estimate of drug-likeness (QED) is 0.627. The molecule has 0 aliphatic heterocycles. The minimum atomic E-state index is -0.982. The summed E-state index contributed by atoms with van der Waals surface area (Å²) in [6, 6.07) is 11.6. The van der Waals surface area contributed by atoms with Crippen LogP contribution in [0.15, 0.2) is 48.8 Å². The van der Waals surface area contributed by atoms with Crippen LogP contribution in [0.1, 0.15) is 11.1 Å². The lowest BCUT2D eigenvalue weighted by atomic mass is 10.1. The van der Waals surface area contributed by atoms with Crippen LogP contribution in [0, 0.1) is 13.8 Å². The Morgan fingerprint density at radius 1 is 1.15 bits per heavy atom. The van der Waals surface area contributed by atoms with E-state index in [-0.39, 0.29) is 12.5 Å². The zero-order chi connectivity index (χ0) is 18.5. The van der Waals surface area contributed by atoms with Crippen molar-refractivity contribution in [1.29, 1.82) is 0 Å². The van der Waals surface area contributed by atoms with E-state index in [1.165, 1.54) is 0 Å². The van der Waals surface area contributed by atoms with Crippen molar-refractivity contribution in [1.82, 2.24) is 15.0 Å². The van der Waals surface area contributed by atoms with Crippen LogP contribution in [0.2, 0.25) is 0 Å². The largest absolute Gasteiger partial charge is 0.480 e. The van der Waals surface area contributed by atoms with Crippen molar-refractivity contribution in [2.24, 2.45) is 0 Å². The molecular formula is C19H19N5O2. The number of hydrogen-bond acceptors (Lipinski definition) is 6. The first-order valence-corrected chi connectivity index (χ1v) is 8.11. The summed E-state index contributed by atoms with van der Waals surface area (Å²) in [5, 5.41) is 14.9. The third-order valence-corrected chi connectivity index (χ3v) is 3.74. The Hall–Kier alpha value is -3.48. The summed E-state index contributed by atoms with van der Waals surface area (Å²) in [5.41, 5.74) is 4.61. The molecule has 3 aromatic rings. The molecule has 0 spiro atoms. The van der Waals surface area contributed by atoms with Gasteiger partial charge in [-0.15, -0.1) is 0 Å². The van der Waals surface area contributed by atoms with Crippen LogP contribution in [-0.4, -0.2) is 32.6 Å². The number of hydrogen-bond donors (Lipinski definition) is 3. The van der Waals surface area contributed by atoms with Gasteiger partial charge in [-0.3, -0.25) is 9.78 Å². The van der Waals surface area contributed by atoms with E-state index >= 15 is 0 Å². The van der Waals surface area contributed by atoms with Crippen molar-refractivity contribution in [3.8, 4) is 11.3 Å². The smallest absolute Gasteiger partial charge is 0.322 e. The second-order valence-electron chi connectivity index (χ2n) is 5.89. The summed E-state index contributed by atoms with van der Waals surface area (Å²) in [6.07, 6.45) is 3.38. The highest BCUT2D eigenvalue weighted by Gasteiger charge is 2.09. The number of aromatic nitrogens is 3. The minimum Gasteiger partial charge on any atom is -0.480 e. The van der Waals surface area contributed by atoms with Gasteiger partial charge in [0, 0.05) is 29.7 Å². The maximum Gasteiger partial charge on any atom is 0.322 e. The molecule has 0 amide bonds. The molecule has 3 rings (SSSR count). The molecule has 0 unspecified atom stereocenters. The SMILES string of the molecule is Cc1ccc(C)c(Nc2cc(-c3cccnc3)nc(NCC(=O)O)n2)c1. The zero-order valence-electron chi connectivity index (χ0n) is 14.5. The van der Waals surface area contributed by atoms with Crippen LogP contribution in [-0.2, 0) is 4.79 Å². The molecule has 2 heterocycles. The van der Waals surface area contributed by atoms with Gasteiger partial charge in [0.15, 0.2) is 0 Å². The molecule has 2 aromatic heterocycles. The predicted octanol–water partition coefficient (Wildman–Crippen LogP) is 3.40. The fraction of sp³-hybridized carbons (Fsp3) is 0.158. The van der Waals surface area contributed by atoms with Crippen LogP contribution in [0.3, 0.4) is 0 Å². The number of aliphatic carboxylic acids is 1. The number of nitrogens with zero attached hydrogens (tertiary/aromatic N) is 3. The second-order valence-corrected chi connectivity index (χ2v) is 5.89. The lowest BCUT2D eigenvalue weighted by molar-refractivity contribution is -0.134. The lowest BCUT2D eigenvalue weighted by Gasteiger charge is -2.13. The highest BCUT2D eigenvalue weighted by atomic mass is 16.4. The normalized spacial score (nSPS) is 10.4. The van der Waals surface area contributed by atoms with Gasteiger partial charge < -0.3 is 15.7 Å². The summed E-state index contributed by atoms with van der Waals surface area (Å²) in [5.74, 6) is -0.175. The van der Waals surface area contributed by atoms with Crippen molar-refractivity contribution >= 4 is 23.4 Å². The van der Waals surface area contributed by atoms with E-state index in [9.17, 15) is 4.79 Å². The molecule has 0 aliphatic carbocycles. The molecule has 1 aromatic carbocycles. The Balaban J connectivity index is 1.98. The number of nitrogens with one attached hydrogen (secondary N) is 2. The topological polar surface area (TPSA) is 100 Å². The highest BCUT2D eigenvalue weighted by Crippen LogP contribution is 2.25. The van der Waals surface area contributed by atoms with E-state index < -0.39 is 5.97 Å². The molecule has 26 heavy (non-hydrogen) atoms. The summed E-state index contributed by atoms with van der Waals surface area (Å²) >= 11 is 0. The average Bonchev–Trinajstić information content (AvgIpc) is 2.63. The lowest BCUT2D eigenvalue weighted by Crippen LogP contribution is -2.15. The van der Waals surface area contributed by atoms with Gasteiger partial charge in [0.25, 0.3) is 0 Å². The van der Waals surface area contributed by atoms with Crippen molar-refractivity contribution in [3.63, 3.8) is 0 Å². The number of carbonyl (C=O) groups is 1. The first-order valence-electron chi connectivity index (χ1n) is 8.11. The van der Waals surface area contributed by atoms with E-state index in [0.717, 1.165) is 22.4 Å². The van der Waals surface area contributed by atoms with Gasteiger partial charge in [-0.05, 0) is 43.2 Å². The Kier molecular flexibility index (Phi) is 5.07. The van der Waals surface area contributed by atoms with Crippen molar-refractivity contribution in [2.75, 3.05) is 17.2 Å². The van der Waals surface area contributed by atoms with Gasteiger partial charge in [0.2, 0.25) is 5.95 Å². The molecule has 7 heteroatoms. The van der Waals surface area contributed by atoms with Gasteiger partial charge in [-0.2, -0.15) is 4.98 Å². The number of rotatable bonds is 6. The van der Waals surface area contributed by atoms with Crippen molar-refractivity contribution < 1.29 is 9.90 Å². The standard InChI is InChI=1S/C19H19N5O2/c1-12-5-6-13(2)15(8-12)22-17-9-16(14-4-3-7-20-10-14)23-19(24-17)21-11-18(25)26/h3-10H,11H2,1-2H3,(H,25,26)(H2,21,22,23,24). The summed E-state index contributed by atoms with van der Waals surface area (Å²) < 4.78 is 0. The molecule has 0 radical (unpaired) electrons. The van der Waals surface area contributed by atoms with E-state index in [2.05, 4.69) is 25.6 Å². The Morgan fingerprint density at radius 3 is 2.73 bits per heavy atom. The molecule has 7 nitrogen and oxygen atoms in total. The third kappa shape index (κ3) is 4.32. The number of carboxylic acids is 1. The first-order chi connectivity index (χ1) is 12.5. The fourth-order valence-corrected chi connectivity index (χ4v) is 2.42. The maximum atomic E-state index is 10.8. The van der Waals surface area contributed by atoms with Gasteiger partial charge in [0.05, 0.1) is 5.69 Å². The average molecular weight is 349 g/mol. The van der Waals surface area contributed by atoms with Crippen LogP contribution in [0.25, 0.3) is 11.3 Å². The maximum absolute atomic E-state index is 10.8. The van der Waals surface area contributed by atoms with Crippen LogP contribution in [0.5, 0.6) is 0 Å². The van der Waals surface area contributed by atoms with E-state index in [0.29, 0.717) is 11.5 Å². The number of benzene rings is 1. The molecule has 132 valence electrons. The van der Waals surface area contributed by atoms with Gasteiger partial charge in [0.1, 0.15) is 12.4 Å². The molecule has 0 atom stereocenters. The number of pyridine rings is 1. The molecule has 0 fully saturated rings. The van der Waals surface area contributed by atoms with E-state index in [1.54, 1.807) is 12.4 Å². The van der Waals surface area contributed by atoms with Crippen molar-refractivity contribution in [3.05, 3.63) is 59.9 Å². The third-order valence-electron chi connectivity index (χ3n) is 3.74. The van der Waals surface area contributed by atoms with E-state index in [4.69, 9.17) is 5.11 Å². The first kappa shape index (κ1) is 17.3. The molecule has 0 saturated carbocycles. The zero-order valence-corrected chi connectivity index (χ0v) is 14.5. The van der Waals surface area contributed by atoms with Gasteiger partial charge >= 0.3 is 5.97 Å². The number of aryl methyl sites for hydroxylation is 2. The predicted molar refractivity (Wildman–Crippen MR) is 101 cm³/mol. The monoisotopic (exact) mass is 349 g/mol. The second kappa shape index (κ2) is 7.60. The molecule has 3 N–H and O–H groups in total. The Bertz CT molecular complexity index is 928. The van der Waals surface area contributed by atoms with E-state index in [1.807, 2.05) is 50.2 Å². The summed E-state index contributed by atoms with van der Waals surface area (Å²) in [7, 11) is 0. The Morgan fingerprint density at radius 2 is 2.00 bits per heavy atom. The summed E-state index contributed by atoms with van der Waals surface area (Å²) in [6.45, 7) is 3.76. The molecule has 0 aliphatic rings. The Labute approximate surface area is 151 Å². The number of anilines is 3. The fourth-order valence-electron chi connectivity index (χ4n) is 2.42. The van der Waals surface area contributed by atoms with Crippen LogP contribution < -0.4 is 10.6 Å². The molecule has 0 saturated heterocycles. The summed E-state index contributed by atoms with van der Waals surface area (Å²) in [4.78, 5) is 23.7.